The maximum Gasteiger partial charge on any atom is 0.401 e. The number of hydrogen-bond acceptors (Lipinski definition) is 4. The smallest absolute Gasteiger partial charge is 0.401 e. The number of benzene rings is 1. The fourth-order valence-corrected chi connectivity index (χ4v) is 5.68. The number of ether oxygens (including phenoxy) is 2. The summed E-state index contributed by atoms with van der Waals surface area (Å²) in [6.45, 7) is 3.26. The van der Waals surface area contributed by atoms with Crippen LogP contribution in [0.15, 0.2) is 24.4 Å². The van der Waals surface area contributed by atoms with Gasteiger partial charge in [-0.2, -0.15) is 13.2 Å². The van der Waals surface area contributed by atoms with Crippen LogP contribution in [0.5, 0.6) is 5.75 Å². The first-order valence-corrected chi connectivity index (χ1v) is 11.7. The van der Waals surface area contributed by atoms with Gasteiger partial charge in [0, 0.05) is 30.2 Å². The van der Waals surface area contributed by atoms with Gasteiger partial charge in [-0.1, -0.05) is 0 Å². The molecule has 9 heteroatoms. The molecular formula is C24H30F3N3O3. The Morgan fingerprint density at radius 1 is 1.27 bits per heavy atom. The molecule has 0 bridgehead atoms. The third-order valence-electron chi connectivity index (χ3n) is 7.48. The second-order valence-electron chi connectivity index (χ2n) is 9.85. The largest absolute Gasteiger partial charge is 0.494 e. The van der Waals surface area contributed by atoms with E-state index in [1.165, 1.54) is 0 Å². The van der Waals surface area contributed by atoms with Gasteiger partial charge in [0.15, 0.2) is 0 Å². The Bertz CT molecular complexity index is 994. The van der Waals surface area contributed by atoms with Gasteiger partial charge >= 0.3 is 6.18 Å². The normalized spacial score (nSPS) is 29.8. The molecule has 2 aliphatic heterocycles. The minimum atomic E-state index is -4.11. The predicted molar refractivity (Wildman–Crippen MR) is 118 cm³/mol. The molecule has 1 aromatic heterocycles. The first-order chi connectivity index (χ1) is 15.7. The van der Waals surface area contributed by atoms with Crippen molar-refractivity contribution in [1.29, 1.82) is 0 Å². The number of nitrogens with zero attached hydrogens (tertiary/aromatic N) is 1. The van der Waals surface area contributed by atoms with Crippen LogP contribution in [-0.4, -0.2) is 60.9 Å². The highest BCUT2D eigenvalue weighted by Crippen LogP contribution is 2.43. The average Bonchev–Trinajstić information content (AvgIpc) is 3.39. The topological polar surface area (TPSA) is 66.6 Å². The molecule has 3 heterocycles. The molecule has 5 rings (SSSR count). The van der Waals surface area contributed by atoms with Crippen molar-refractivity contribution in [3.8, 4) is 5.75 Å². The predicted octanol–water partition coefficient (Wildman–Crippen LogP) is 4.43. The number of carbonyl (C=O) groups is 1. The number of likely N-dealkylation sites (tertiary alicyclic amines) is 1. The number of aromatic nitrogens is 1. The first-order valence-electron chi connectivity index (χ1n) is 11.7. The molecule has 2 N–H and O–H groups in total. The van der Waals surface area contributed by atoms with E-state index in [4.69, 9.17) is 9.47 Å². The summed E-state index contributed by atoms with van der Waals surface area (Å²) in [6, 6.07) is 5.77. The standard InChI is InChI=1S/C24H30F3N3O3/c1-14-20(12-33-14)23(31)29-22-9-28-21-3-2-18(8-19(21)22)32-5-4-15-6-16-10-30(11-17(16)7-15)13-24(25,26)27/h2-3,8-9,14-17,20,28H,4-7,10-13H2,1H3,(H,29,31)/t14-,15-,16-,17+,20-/m1/s1. The number of carbonyl (C=O) groups excluding carboxylic acids is 1. The molecule has 180 valence electrons. The van der Waals surface area contributed by atoms with Crippen molar-refractivity contribution >= 4 is 22.5 Å². The third-order valence-corrected chi connectivity index (χ3v) is 7.48. The number of aromatic amines is 1. The molecule has 5 atom stereocenters. The monoisotopic (exact) mass is 465 g/mol. The van der Waals surface area contributed by atoms with E-state index in [1.807, 2.05) is 25.1 Å². The van der Waals surface area contributed by atoms with E-state index < -0.39 is 12.7 Å². The van der Waals surface area contributed by atoms with Gasteiger partial charge in [-0.25, -0.2) is 0 Å². The zero-order valence-electron chi connectivity index (χ0n) is 18.7. The molecule has 1 aliphatic carbocycles. The second-order valence-corrected chi connectivity index (χ2v) is 9.85. The Balaban J connectivity index is 1.11. The molecule has 33 heavy (non-hydrogen) atoms. The lowest BCUT2D eigenvalue weighted by Gasteiger charge is -2.32. The van der Waals surface area contributed by atoms with E-state index >= 15 is 0 Å². The lowest BCUT2D eigenvalue weighted by molar-refractivity contribution is -0.147. The summed E-state index contributed by atoms with van der Waals surface area (Å²) in [7, 11) is 0. The number of nitrogens with one attached hydrogen (secondary N) is 2. The van der Waals surface area contributed by atoms with E-state index in [9.17, 15) is 18.0 Å². The van der Waals surface area contributed by atoms with Gasteiger partial charge in [0.05, 0.1) is 37.5 Å². The first kappa shape index (κ1) is 22.5. The van der Waals surface area contributed by atoms with E-state index in [-0.39, 0.29) is 17.9 Å². The van der Waals surface area contributed by atoms with Gasteiger partial charge in [0.25, 0.3) is 0 Å². The highest BCUT2D eigenvalue weighted by Gasteiger charge is 2.43. The number of alkyl halides is 3. The van der Waals surface area contributed by atoms with Crippen LogP contribution in [0.4, 0.5) is 18.9 Å². The van der Waals surface area contributed by atoms with E-state index in [1.54, 1.807) is 11.1 Å². The number of halogens is 3. The van der Waals surface area contributed by atoms with Crippen LogP contribution in [0.3, 0.4) is 0 Å². The molecule has 1 amide bonds. The second kappa shape index (κ2) is 8.83. The Morgan fingerprint density at radius 2 is 2.03 bits per heavy atom. The van der Waals surface area contributed by atoms with Gasteiger partial charge in [0.1, 0.15) is 5.75 Å². The van der Waals surface area contributed by atoms with Crippen LogP contribution >= 0.6 is 0 Å². The van der Waals surface area contributed by atoms with Crippen molar-refractivity contribution in [2.75, 3.05) is 38.2 Å². The van der Waals surface area contributed by atoms with Gasteiger partial charge in [0.2, 0.25) is 5.91 Å². The van der Waals surface area contributed by atoms with E-state index in [0.29, 0.717) is 44.1 Å². The Kier molecular flexibility index (Phi) is 6.03. The molecule has 1 saturated carbocycles. The average molecular weight is 466 g/mol. The van der Waals surface area contributed by atoms with Crippen molar-refractivity contribution < 1.29 is 27.4 Å². The van der Waals surface area contributed by atoms with Gasteiger partial charge in [-0.05, 0) is 62.1 Å². The van der Waals surface area contributed by atoms with Crippen molar-refractivity contribution in [2.45, 2.75) is 38.5 Å². The van der Waals surface area contributed by atoms with Crippen molar-refractivity contribution in [2.24, 2.45) is 23.7 Å². The van der Waals surface area contributed by atoms with Crippen molar-refractivity contribution in [3.63, 3.8) is 0 Å². The van der Waals surface area contributed by atoms with Crippen molar-refractivity contribution in [3.05, 3.63) is 24.4 Å². The van der Waals surface area contributed by atoms with Crippen LogP contribution in [0.25, 0.3) is 10.9 Å². The summed E-state index contributed by atoms with van der Waals surface area (Å²) in [5, 5.41) is 3.88. The van der Waals surface area contributed by atoms with Gasteiger partial charge < -0.3 is 19.8 Å². The molecule has 0 unspecified atom stereocenters. The fraction of sp³-hybridized carbons (Fsp3) is 0.625. The molecule has 3 fully saturated rings. The van der Waals surface area contributed by atoms with Gasteiger partial charge in [-0.15, -0.1) is 0 Å². The lowest BCUT2D eigenvalue weighted by Crippen LogP contribution is -2.45. The minimum absolute atomic E-state index is 0.0402. The highest BCUT2D eigenvalue weighted by molar-refractivity contribution is 6.03. The summed E-state index contributed by atoms with van der Waals surface area (Å²) in [4.78, 5) is 17.2. The van der Waals surface area contributed by atoms with E-state index in [2.05, 4.69) is 10.3 Å². The van der Waals surface area contributed by atoms with E-state index in [0.717, 1.165) is 41.6 Å². The summed E-state index contributed by atoms with van der Waals surface area (Å²) in [6.07, 6.45) is 0.490. The number of H-pyrrole nitrogens is 1. The lowest BCUT2D eigenvalue weighted by atomic mass is 9.98. The zero-order chi connectivity index (χ0) is 23.2. The number of rotatable bonds is 7. The van der Waals surface area contributed by atoms with Crippen LogP contribution in [0.2, 0.25) is 0 Å². The Labute approximate surface area is 190 Å². The van der Waals surface area contributed by atoms with Crippen LogP contribution in [0, 0.1) is 23.7 Å². The van der Waals surface area contributed by atoms with Crippen LogP contribution in [-0.2, 0) is 9.53 Å². The SMILES string of the molecule is C[C@H]1OC[C@H]1C(=O)Nc1c[nH]c2ccc(OCC[C@@H]3C[C@@H]4CN(CC(F)(F)F)C[C@@H]4C3)cc12. The Morgan fingerprint density at radius 3 is 2.67 bits per heavy atom. The number of fused-ring (bicyclic) bond motifs is 2. The molecule has 1 aromatic carbocycles. The molecular weight excluding hydrogens is 435 g/mol. The molecule has 2 saturated heterocycles. The molecule has 0 spiro atoms. The van der Waals surface area contributed by atoms with Crippen LogP contribution < -0.4 is 10.1 Å². The maximum absolute atomic E-state index is 12.6. The molecule has 6 nitrogen and oxygen atoms in total. The third kappa shape index (κ3) is 4.99. The molecule has 2 aromatic rings. The van der Waals surface area contributed by atoms with Crippen LogP contribution in [0.1, 0.15) is 26.2 Å². The number of hydrogen-bond donors (Lipinski definition) is 2. The number of amides is 1. The number of anilines is 1. The molecule has 0 radical (unpaired) electrons. The minimum Gasteiger partial charge on any atom is -0.494 e. The summed E-state index contributed by atoms with van der Waals surface area (Å²) in [5.41, 5.74) is 1.65. The quantitative estimate of drug-likeness (QED) is 0.635. The highest BCUT2D eigenvalue weighted by atomic mass is 19.4. The molecule has 3 aliphatic rings. The van der Waals surface area contributed by atoms with Gasteiger partial charge in [-0.3, -0.25) is 9.69 Å². The summed E-state index contributed by atoms with van der Waals surface area (Å²) < 4.78 is 49.2. The fourth-order valence-electron chi connectivity index (χ4n) is 5.68. The Hall–Kier alpha value is -2.26. The summed E-state index contributed by atoms with van der Waals surface area (Å²) >= 11 is 0. The zero-order valence-corrected chi connectivity index (χ0v) is 18.7. The maximum atomic E-state index is 12.6. The summed E-state index contributed by atoms with van der Waals surface area (Å²) in [5.74, 6) is 1.84. The van der Waals surface area contributed by atoms with Crippen molar-refractivity contribution in [1.82, 2.24) is 9.88 Å².